The molecule has 0 saturated carbocycles. The van der Waals surface area contributed by atoms with Crippen molar-refractivity contribution in [1.82, 2.24) is 0 Å². The van der Waals surface area contributed by atoms with E-state index in [0.717, 1.165) is 5.56 Å². The van der Waals surface area contributed by atoms with Gasteiger partial charge in [-0.15, -0.1) is 13.2 Å². The minimum Gasteiger partial charge on any atom is -0.406 e. The summed E-state index contributed by atoms with van der Waals surface area (Å²) in [5.41, 5.74) is 2.03. The third-order valence-electron chi connectivity index (χ3n) is 2.84. The second-order valence-electron chi connectivity index (χ2n) is 4.63. The van der Waals surface area contributed by atoms with Gasteiger partial charge in [-0.3, -0.25) is 0 Å². The largest absolute Gasteiger partial charge is 0.573 e. The predicted molar refractivity (Wildman–Crippen MR) is 72.8 cm³/mol. The fraction of sp³-hybridized carbons (Fsp3) is 0.200. The van der Waals surface area contributed by atoms with Crippen LogP contribution in [0.4, 0.5) is 23.2 Å². The van der Waals surface area contributed by atoms with E-state index in [1.165, 1.54) is 36.4 Å². The van der Waals surface area contributed by atoms with Crippen molar-refractivity contribution in [2.75, 3.05) is 19.0 Å². The zero-order valence-electron chi connectivity index (χ0n) is 11.4. The van der Waals surface area contributed by atoms with Gasteiger partial charge in [-0.05, 0) is 35.9 Å². The van der Waals surface area contributed by atoms with Crippen molar-refractivity contribution in [3.8, 4) is 16.9 Å². The highest BCUT2D eigenvalue weighted by atomic mass is 19.4. The third-order valence-corrected chi connectivity index (χ3v) is 2.84. The maximum Gasteiger partial charge on any atom is 0.573 e. The summed E-state index contributed by atoms with van der Waals surface area (Å²) in [6.07, 6.45) is -4.72. The maximum absolute atomic E-state index is 13.3. The molecule has 0 aliphatic heterocycles. The molecule has 2 nitrogen and oxygen atoms in total. The molecule has 0 saturated heterocycles. The molecule has 0 bridgehead atoms. The number of anilines is 1. The highest BCUT2D eigenvalue weighted by molar-refractivity contribution is 5.78. The Morgan fingerprint density at radius 1 is 0.952 bits per heavy atom. The summed E-state index contributed by atoms with van der Waals surface area (Å²) < 4.78 is 53.4. The molecule has 112 valence electrons. The first-order chi connectivity index (χ1) is 9.76. The number of alkyl halides is 3. The SMILES string of the molecule is CN(C)c1cc(F)ccc1-c1ccc(OC(F)(F)F)cc1. The molecule has 0 N–H and O–H groups in total. The van der Waals surface area contributed by atoms with Crippen LogP contribution in [0.15, 0.2) is 42.5 Å². The number of nitrogens with zero attached hydrogens (tertiary/aromatic N) is 1. The second-order valence-corrected chi connectivity index (χ2v) is 4.63. The third kappa shape index (κ3) is 3.87. The first-order valence-corrected chi connectivity index (χ1v) is 6.09. The molecule has 0 aliphatic rings. The van der Waals surface area contributed by atoms with Crippen LogP contribution in [0.3, 0.4) is 0 Å². The van der Waals surface area contributed by atoms with Crippen LogP contribution in [0.1, 0.15) is 0 Å². The van der Waals surface area contributed by atoms with Gasteiger partial charge in [0.1, 0.15) is 11.6 Å². The minimum absolute atomic E-state index is 0.292. The molecule has 0 fully saturated rings. The van der Waals surface area contributed by atoms with E-state index in [-0.39, 0.29) is 11.6 Å². The zero-order valence-corrected chi connectivity index (χ0v) is 11.4. The average Bonchev–Trinajstić information content (AvgIpc) is 2.38. The van der Waals surface area contributed by atoms with Gasteiger partial charge in [-0.1, -0.05) is 12.1 Å². The van der Waals surface area contributed by atoms with E-state index in [1.807, 2.05) is 0 Å². The molecule has 2 aromatic rings. The van der Waals surface area contributed by atoms with Crippen LogP contribution in [0, 0.1) is 5.82 Å². The molecule has 0 aromatic heterocycles. The summed E-state index contributed by atoms with van der Waals surface area (Å²) >= 11 is 0. The number of hydrogen-bond acceptors (Lipinski definition) is 2. The Morgan fingerprint density at radius 3 is 2.10 bits per heavy atom. The van der Waals surface area contributed by atoms with Crippen molar-refractivity contribution < 1.29 is 22.3 Å². The van der Waals surface area contributed by atoms with E-state index in [4.69, 9.17) is 0 Å². The molecule has 0 heterocycles. The lowest BCUT2D eigenvalue weighted by molar-refractivity contribution is -0.274. The zero-order chi connectivity index (χ0) is 15.6. The van der Waals surface area contributed by atoms with E-state index in [0.29, 0.717) is 11.3 Å². The Labute approximate surface area is 119 Å². The van der Waals surface area contributed by atoms with Crippen molar-refractivity contribution in [2.45, 2.75) is 6.36 Å². The van der Waals surface area contributed by atoms with Crippen LogP contribution < -0.4 is 9.64 Å². The quantitative estimate of drug-likeness (QED) is 0.776. The fourth-order valence-corrected chi connectivity index (χ4v) is 1.96. The Morgan fingerprint density at radius 2 is 1.57 bits per heavy atom. The van der Waals surface area contributed by atoms with Crippen molar-refractivity contribution in [1.29, 1.82) is 0 Å². The van der Waals surface area contributed by atoms with Crippen LogP contribution >= 0.6 is 0 Å². The lowest BCUT2D eigenvalue weighted by Gasteiger charge is -2.18. The molecule has 0 atom stereocenters. The fourth-order valence-electron chi connectivity index (χ4n) is 1.96. The van der Waals surface area contributed by atoms with E-state index in [2.05, 4.69) is 4.74 Å². The smallest absolute Gasteiger partial charge is 0.406 e. The standard InChI is InChI=1S/C15H13F4NO/c1-20(2)14-9-11(16)5-8-13(14)10-3-6-12(7-4-10)21-15(17,18)19/h3-9H,1-2H3. The van der Waals surface area contributed by atoms with Gasteiger partial charge in [0.05, 0.1) is 0 Å². The van der Waals surface area contributed by atoms with Crippen LogP contribution in [0.2, 0.25) is 0 Å². The molecule has 0 spiro atoms. The van der Waals surface area contributed by atoms with Gasteiger partial charge < -0.3 is 9.64 Å². The van der Waals surface area contributed by atoms with Gasteiger partial charge in [-0.2, -0.15) is 0 Å². The number of ether oxygens (including phenoxy) is 1. The van der Waals surface area contributed by atoms with Crippen LogP contribution in [-0.4, -0.2) is 20.5 Å². The summed E-state index contributed by atoms with van der Waals surface area (Å²) in [5, 5.41) is 0. The van der Waals surface area contributed by atoms with E-state index >= 15 is 0 Å². The highest BCUT2D eigenvalue weighted by Crippen LogP contribution is 2.32. The minimum atomic E-state index is -4.72. The molecule has 6 heteroatoms. The molecular formula is C15H13F4NO. The first kappa shape index (κ1) is 15.2. The normalized spacial score (nSPS) is 11.3. The molecule has 21 heavy (non-hydrogen) atoms. The monoisotopic (exact) mass is 299 g/mol. The number of halogens is 4. The lowest BCUT2D eigenvalue weighted by atomic mass is 10.0. The molecular weight excluding hydrogens is 286 g/mol. The van der Waals surface area contributed by atoms with Gasteiger partial charge in [0, 0.05) is 25.3 Å². The van der Waals surface area contributed by atoms with Gasteiger partial charge >= 0.3 is 6.36 Å². The Bertz CT molecular complexity index is 621. The van der Waals surface area contributed by atoms with Crippen molar-refractivity contribution in [3.05, 3.63) is 48.3 Å². The number of hydrogen-bond donors (Lipinski definition) is 0. The summed E-state index contributed by atoms with van der Waals surface area (Å²) in [6.45, 7) is 0. The van der Waals surface area contributed by atoms with E-state index in [9.17, 15) is 17.6 Å². The molecule has 2 aromatic carbocycles. The van der Waals surface area contributed by atoms with Gasteiger partial charge in [-0.25, -0.2) is 4.39 Å². The van der Waals surface area contributed by atoms with Crippen LogP contribution in [0.5, 0.6) is 5.75 Å². The first-order valence-electron chi connectivity index (χ1n) is 6.09. The van der Waals surface area contributed by atoms with E-state index < -0.39 is 6.36 Å². The maximum atomic E-state index is 13.3. The summed E-state index contributed by atoms with van der Waals surface area (Å²) in [6, 6.07) is 9.72. The Hall–Kier alpha value is -2.24. The van der Waals surface area contributed by atoms with Gasteiger partial charge in [0.15, 0.2) is 0 Å². The predicted octanol–water partition coefficient (Wildman–Crippen LogP) is 4.46. The Balaban J connectivity index is 2.35. The summed E-state index contributed by atoms with van der Waals surface area (Å²) in [7, 11) is 3.53. The number of benzene rings is 2. The molecule has 2 rings (SSSR count). The summed E-state index contributed by atoms with van der Waals surface area (Å²) in [4.78, 5) is 1.73. The molecule has 0 radical (unpaired) electrons. The van der Waals surface area contributed by atoms with Crippen molar-refractivity contribution >= 4 is 5.69 Å². The van der Waals surface area contributed by atoms with Gasteiger partial charge in [0.25, 0.3) is 0 Å². The van der Waals surface area contributed by atoms with Crippen molar-refractivity contribution in [2.24, 2.45) is 0 Å². The van der Waals surface area contributed by atoms with E-state index in [1.54, 1.807) is 25.1 Å². The van der Waals surface area contributed by atoms with Crippen LogP contribution in [0.25, 0.3) is 11.1 Å². The number of rotatable bonds is 3. The van der Waals surface area contributed by atoms with Crippen molar-refractivity contribution in [3.63, 3.8) is 0 Å². The molecule has 0 aliphatic carbocycles. The lowest BCUT2D eigenvalue weighted by Crippen LogP contribution is -2.17. The topological polar surface area (TPSA) is 12.5 Å². The second kappa shape index (κ2) is 5.63. The molecule has 0 unspecified atom stereocenters. The van der Waals surface area contributed by atoms with Gasteiger partial charge in [0.2, 0.25) is 0 Å². The highest BCUT2D eigenvalue weighted by Gasteiger charge is 2.30. The van der Waals surface area contributed by atoms with Crippen LogP contribution in [-0.2, 0) is 0 Å². The average molecular weight is 299 g/mol. The Kier molecular flexibility index (Phi) is 4.06. The summed E-state index contributed by atoms with van der Waals surface area (Å²) in [5.74, 6) is -0.667. The molecule has 0 amide bonds.